The second kappa shape index (κ2) is 10.5. The molecule has 0 spiro atoms. The molecule has 0 bridgehead atoms. The van der Waals surface area contributed by atoms with Gasteiger partial charge in [0.1, 0.15) is 24.5 Å². The number of hydrogen-bond donors (Lipinski definition) is 2. The summed E-state index contributed by atoms with van der Waals surface area (Å²) in [6, 6.07) is 0.962. The molecule has 0 radical (unpaired) electrons. The van der Waals surface area contributed by atoms with Gasteiger partial charge >= 0.3 is 6.18 Å². The average molecular weight is 559 g/mol. The quantitative estimate of drug-likeness (QED) is 0.334. The first-order valence-corrected chi connectivity index (χ1v) is 9.51. The summed E-state index contributed by atoms with van der Waals surface area (Å²) in [5, 5.41) is 10.5. The molecule has 1 unspecified atom stereocenters. The number of anilines is 1. The van der Waals surface area contributed by atoms with E-state index in [0.29, 0.717) is 38.0 Å². The summed E-state index contributed by atoms with van der Waals surface area (Å²) in [4.78, 5) is 14.5. The van der Waals surface area contributed by atoms with Crippen LogP contribution in [-0.2, 0) is 19.8 Å². The van der Waals surface area contributed by atoms with Crippen LogP contribution in [0.3, 0.4) is 0 Å². The van der Waals surface area contributed by atoms with Crippen LogP contribution in [0.4, 0.5) is 19.0 Å². The topological polar surface area (TPSA) is 83.3 Å². The zero-order chi connectivity index (χ0) is 21.0. The molecule has 0 aromatic carbocycles. The van der Waals surface area contributed by atoms with Gasteiger partial charge in [-0.3, -0.25) is 4.68 Å². The van der Waals surface area contributed by atoms with Crippen molar-refractivity contribution in [1.29, 1.82) is 0 Å². The minimum atomic E-state index is -4.47. The van der Waals surface area contributed by atoms with Crippen molar-refractivity contribution in [2.45, 2.75) is 32.1 Å². The van der Waals surface area contributed by atoms with Crippen LogP contribution in [0, 0.1) is 0 Å². The molecule has 1 saturated heterocycles. The van der Waals surface area contributed by atoms with Crippen molar-refractivity contribution >= 4 is 47.4 Å². The highest BCUT2D eigenvalue weighted by Gasteiger charge is 2.33. The zero-order valence-corrected chi connectivity index (χ0v) is 19.5. The molecule has 166 valence electrons. The standard InChI is InChI=1S/C17H22ClF3N8.HI/c1-3-22-16(24-8-14-25-10-26-28(14)2)27-12-4-5-29(9-12)15-13(18)6-11(7-23-15)17(19,20)21;/h6-7,10,12H,3-5,8-9H2,1-2H3,(H2,22,24,27);1H. The summed E-state index contributed by atoms with van der Waals surface area (Å²) >= 11 is 6.06. The molecular weight excluding hydrogens is 536 g/mol. The Balaban J connectivity index is 0.00000320. The van der Waals surface area contributed by atoms with Crippen LogP contribution in [0.2, 0.25) is 5.02 Å². The predicted molar refractivity (Wildman–Crippen MR) is 119 cm³/mol. The highest BCUT2D eigenvalue weighted by molar-refractivity contribution is 14.0. The van der Waals surface area contributed by atoms with E-state index in [4.69, 9.17) is 11.6 Å². The van der Waals surface area contributed by atoms with Crippen molar-refractivity contribution in [2.75, 3.05) is 24.5 Å². The Hall–Kier alpha value is -1.83. The van der Waals surface area contributed by atoms with Crippen LogP contribution in [-0.4, -0.2) is 51.4 Å². The van der Waals surface area contributed by atoms with Crippen molar-refractivity contribution in [3.8, 4) is 0 Å². The number of hydrogen-bond acceptors (Lipinski definition) is 5. The maximum absolute atomic E-state index is 12.8. The van der Waals surface area contributed by atoms with Gasteiger partial charge in [0.15, 0.2) is 5.96 Å². The minimum Gasteiger partial charge on any atom is -0.357 e. The monoisotopic (exact) mass is 558 g/mol. The second-order valence-corrected chi connectivity index (χ2v) is 7.01. The normalized spacial score (nSPS) is 17.1. The fraction of sp³-hybridized carbons (Fsp3) is 0.529. The van der Waals surface area contributed by atoms with Crippen LogP contribution in [0.1, 0.15) is 24.7 Å². The Morgan fingerprint density at radius 1 is 1.37 bits per heavy atom. The Bertz CT molecular complexity index is 873. The van der Waals surface area contributed by atoms with Gasteiger partial charge in [-0.15, -0.1) is 24.0 Å². The first kappa shape index (κ1) is 24.4. The number of aliphatic imine (C=N–C) groups is 1. The van der Waals surface area contributed by atoms with Gasteiger partial charge in [0.25, 0.3) is 0 Å². The molecule has 0 amide bonds. The van der Waals surface area contributed by atoms with Crippen molar-refractivity contribution in [1.82, 2.24) is 30.4 Å². The minimum absolute atomic E-state index is 0. The predicted octanol–water partition coefficient (Wildman–Crippen LogP) is 2.83. The third-order valence-corrected chi connectivity index (χ3v) is 4.78. The Labute approximate surface area is 194 Å². The van der Waals surface area contributed by atoms with E-state index in [-0.39, 0.29) is 35.0 Å². The summed E-state index contributed by atoms with van der Waals surface area (Å²) in [7, 11) is 1.80. The van der Waals surface area contributed by atoms with Crippen LogP contribution >= 0.6 is 35.6 Å². The van der Waals surface area contributed by atoms with Crippen LogP contribution in [0.5, 0.6) is 0 Å². The molecule has 2 N–H and O–H groups in total. The van der Waals surface area contributed by atoms with Gasteiger partial charge in [-0.1, -0.05) is 11.6 Å². The van der Waals surface area contributed by atoms with E-state index in [1.54, 1.807) is 11.7 Å². The third-order valence-electron chi connectivity index (χ3n) is 4.51. The molecule has 0 aliphatic carbocycles. The van der Waals surface area contributed by atoms with Gasteiger partial charge in [0, 0.05) is 38.9 Å². The molecule has 30 heavy (non-hydrogen) atoms. The van der Waals surface area contributed by atoms with Crippen molar-refractivity contribution in [2.24, 2.45) is 12.0 Å². The summed E-state index contributed by atoms with van der Waals surface area (Å²) in [5.41, 5.74) is -0.856. The number of alkyl halides is 3. The lowest BCUT2D eigenvalue weighted by Gasteiger charge is -2.21. The molecule has 3 heterocycles. The average Bonchev–Trinajstić information content (AvgIpc) is 3.28. The number of aromatic nitrogens is 4. The molecule has 2 aromatic rings. The van der Waals surface area contributed by atoms with Gasteiger partial charge in [-0.25, -0.2) is 15.0 Å². The van der Waals surface area contributed by atoms with Crippen molar-refractivity contribution in [3.05, 3.63) is 35.0 Å². The third kappa shape index (κ3) is 6.09. The summed E-state index contributed by atoms with van der Waals surface area (Å²) in [6.45, 7) is 4.19. The number of halogens is 5. The van der Waals surface area contributed by atoms with E-state index in [2.05, 4.69) is 30.7 Å². The fourth-order valence-electron chi connectivity index (χ4n) is 3.02. The van der Waals surface area contributed by atoms with Gasteiger partial charge in [0.05, 0.1) is 10.6 Å². The first-order valence-electron chi connectivity index (χ1n) is 9.13. The van der Waals surface area contributed by atoms with Crippen LogP contribution in [0.15, 0.2) is 23.6 Å². The molecule has 0 saturated carbocycles. The molecule has 13 heteroatoms. The van der Waals surface area contributed by atoms with Crippen LogP contribution in [0.25, 0.3) is 0 Å². The lowest BCUT2D eigenvalue weighted by molar-refractivity contribution is -0.137. The molecule has 8 nitrogen and oxygen atoms in total. The Morgan fingerprint density at radius 2 is 2.13 bits per heavy atom. The molecule has 1 atom stereocenters. The smallest absolute Gasteiger partial charge is 0.357 e. The molecular formula is C17H23ClF3IN8. The van der Waals surface area contributed by atoms with E-state index in [1.165, 1.54) is 6.33 Å². The number of pyridine rings is 1. The fourth-order valence-corrected chi connectivity index (χ4v) is 3.30. The zero-order valence-electron chi connectivity index (χ0n) is 16.4. The number of rotatable bonds is 5. The van der Waals surface area contributed by atoms with E-state index in [0.717, 1.165) is 24.5 Å². The molecule has 1 aliphatic heterocycles. The van der Waals surface area contributed by atoms with E-state index in [1.807, 2.05) is 11.8 Å². The van der Waals surface area contributed by atoms with Crippen molar-refractivity contribution in [3.63, 3.8) is 0 Å². The number of guanidine groups is 1. The number of aryl methyl sites for hydroxylation is 1. The molecule has 2 aromatic heterocycles. The van der Waals surface area contributed by atoms with E-state index < -0.39 is 11.7 Å². The lowest BCUT2D eigenvalue weighted by atomic mass is 10.2. The Kier molecular flexibility index (Phi) is 8.52. The summed E-state index contributed by atoms with van der Waals surface area (Å²) in [6.07, 6.45) is -1.41. The van der Waals surface area contributed by atoms with E-state index in [9.17, 15) is 13.2 Å². The van der Waals surface area contributed by atoms with Crippen molar-refractivity contribution < 1.29 is 13.2 Å². The van der Waals surface area contributed by atoms with E-state index >= 15 is 0 Å². The number of nitrogens with zero attached hydrogens (tertiary/aromatic N) is 6. The van der Waals surface area contributed by atoms with Gasteiger partial charge < -0.3 is 15.5 Å². The number of nitrogens with one attached hydrogen (secondary N) is 2. The largest absolute Gasteiger partial charge is 0.417 e. The van der Waals surface area contributed by atoms with Gasteiger partial charge in [0.2, 0.25) is 0 Å². The summed E-state index contributed by atoms with van der Waals surface area (Å²) < 4.78 is 40.1. The lowest BCUT2D eigenvalue weighted by Crippen LogP contribution is -2.44. The van der Waals surface area contributed by atoms with Gasteiger partial charge in [-0.2, -0.15) is 18.3 Å². The van der Waals surface area contributed by atoms with Gasteiger partial charge in [-0.05, 0) is 19.4 Å². The Morgan fingerprint density at radius 3 is 2.73 bits per heavy atom. The summed E-state index contributed by atoms with van der Waals surface area (Å²) in [5.74, 6) is 1.72. The molecule has 1 fully saturated rings. The SMILES string of the molecule is CCNC(=NCc1ncnn1C)NC1CCN(c2ncc(C(F)(F)F)cc2Cl)C1.I. The molecule has 3 rings (SSSR count). The van der Waals surface area contributed by atoms with Crippen LogP contribution < -0.4 is 15.5 Å². The highest BCUT2D eigenvalue weighted by atomic mass is 127. The maximum Gasteiger partial charge on any atom is 0.417 e. The first-order chi connectivity index (χ1) is 13.8. The maximum atomic E-state index is 12.8. The second-order valence-electron chi connectivity index (χ2n) is 6.60. The highest BCUT2D eigenvalue weighted by Crippen LogP contribution is 2.34. The molecule has 1 aliphatic rings.